The van der Waals surface area contributed by atoms with Crippen LogP contribution >= 0.6 is 0 Å². The molecule has 0 aliphatic carbocycles. The van der Waals surface area contributed by atoms with Crippen molar-refractivity contribution in [2.24, 2.45) is 0 Å². The van der Waals surface area contributed by atoms with Crippen LogP contribution in [-0.2, 0) is 16.4 Å². The number of nitrogens with zero attached hydrogens (tertiary/aromatic N) is 1. The molecule has 0 saturated carbocycles. The highest BCUT2D eigenvalue weighted by atomic mass is 32.2. The SMILES string of the molecule is CCOc1cc(C(CS(C)(=O)=O)N2Cc3ccccc3C2=O)ccc1OC. The first-order valence-electron chi connectivity index (χ1n) is 8.71. The van der Waals surface area contributed by atoms with Gasteiger partial charge in [-0.15, -0.1) is 0 Å². The monoisotopic (exact) mass is 389 g/mol. The zero-order valence-electron chi connectivity index (χ0n) is 15.6. The molecule has 1 atom stereocenters. The van der Waals surface area contributed by atoms with Crippen LogP contribution in [0.2, 0.25) is 0 Å². The Labute approximate surface area is 159 Å². The number of hydrogen-bond donors (Lipinski definition) is 0. The van der Waals surface area contributed by atoms with E-state index in [1.54, 1.807) is 36.3 Å². The number of methoxy groups -OCH3 is 1. The van der Waals surface area contributed by atoms with Gasteiger partial charge in [0, 0.05) is 18.4 Å². The van der Waals surface area contributed by atoms with Crippen LogP contribution in [0.1, 0.15) is 34.5 Å². The summed E-state index contributed by atoms with van der Waals surface area (Å²) >= 11 is 0. The summed E-state index contributed by atoms with van der Waals surface area (Å²) in [6.45, 7) is 2.69. The van der Waals surface area contributed by atoms with Gasteiger partial charge in [-0.25, -0.2) is 8.42 Å². The molecule has 0 spiro atoms. The molecule has 27 heavy (non-hydrogen) atoms. The molecule has 1 amide bonds. The second-order valence-electron chi connectivity index (χ2n) is 6.54. The van der Waals surface area contributed by atoms with Crippen molar-refractivity contribution in [2.75, 3.05) is 25.7 Å². The summed E-state index contributed by atoms with van der Waals surface area (Å²) in [6.07, 6.45) is 1.18. The van der Waals surface area contributed by atoms with Crippen LogP contribution in [0.5, 0.6) is 11.5 Å². The summed E-state index contributed by atoms with van der Waals surface area (Å²) in [5.74, 6) is 0.771. The number of benzene rings is 2. The minimum atomic E-state index is -3.33. The minimum absolute atomic E-state index is 0.159. The first-order valence-corrected chi connectivity index (χ1v) is 10.8. The van der Waals surface area contributed by atoms with Crippen molar-refractivity contribution in [1.29, 1.82) is 0 Å². The maximum absolute atomic E-state index is 12.9. The second-order valence-corrected chi connectivity index (χ2v) is 8.73. The molecule has 1 aliphatic heterocycles. The fourth-order valence-electron chi connectivity index (χ4n) is 3.35. The van der Waals surface area contributed by atoms with Gasteiger partial charge in [-0.3, -0.25) is 4.79 Å². The molecule has 2 aromatic rings. The van der Waals surface area contributed by atoms with Gasteiger partial charge in [-0.2, -0.15) is 0 Å². The van der Waals surface area contributed by atoms with Crippen LogP contribution in [0.25, 0.3) is 0 Å². The van der Waals surface area contributed by atoms with Gasteiger partial charge in [-0.1, -0.05) is 24.3 Å². The van der Waals surface area contributed by atoms with Crippen molar-refractivity contribution in [1.82, 2.24) is 4.90 Å². The average molecular weight is 389 g/mol. The third-order valence-electron chi connectivity index (χ3n) is 4.56. The molecule has 1 unspecified atom stereocenters. The summed E-state index contributed by atoms with van der Waals surface area (Å²) in [5, 5.41) is 0. The van der Waals surface area contributed by atoms with Crippen molar-refractivity contribution < 1.29 is 22.7 Å². The molecule has 2 aromatic carbocycles. The first-order chi connectivity index (χ1) is 12.8. The lowest BCUT2D eigenvalue weighted by atomic mass is 10.1. The molecule has 0 fully saturated rings. The van der Waals surface area contributed by atoms with Gasteiger partial charge in [0.15, 0.2) is 11.5 Å². The predicted octanol–water partition coefficient (Wildman–Crippen LogP) is 2.84. The van der Waals surface area contributed by atoms with E-state index in [-0.39, 0.29) is 11.7 Å². The highest BCUT2D eigenvalue weighted by molar-refractivity contribution is 7.90. The summed E-state index contributed by atoms with van der Waals surface area (Å²) < 4.78 is 35.1. The predicted molar refractivity (Wildman–Crippen MR) is 103 cm³/mol. The lowest BCUT2D eigenvalue weighted by molar-refractivity contribution is 0.0718. The third kappa shape index (κ3) is 4.08. The lowest BCUT2D eigenvalue weighted by Crippen LogP contribution is -2.33. The maximum Gasteiger partial charge on any atom is 0.255 e. The molecule has 1 heterocycles. The van der Waals surface area contributed by atoms with Crippen LogP contribution < -0.4 is 9.47 Å². The standard InChI is InChI=1S/C20H23NO5S/c1-4-26-19-11-14(9-10-18(19)25-2)17(13-27(3,23)24)21-12-15-7-5-6-8-16(15)20(21)22/h5-11,17H,4,12-13H2,1-3H3. The quantitative estimate of drug-likeness (QED) is 0.728. The smallest absolute Gasteiger partial charge is 0.255 e. The zero-order chi connectivity index (χ0) is 19.6. The molecule has 0 saturated heterocycles. The van der Waals surface area contributed by atoms with E-state index >= 15 is 0 Å². The van der Waals surface area contributed by atoms with Gasteiger partial charge in [0.1, 0.15) is 9.84 Å². The van der Waals surface area contributed by atoms with E-state index in [1.165, 1.54) is 6.26 Å². The summed E-state index contributed by atoms with van der Waals surface area (Å²) in [4.78, 5) is 14.5. The Morgan fingerprint density at radius 1 is 1.15 bits per heavy atom. The number of ether oxygens (including phenoxy) is 2. The van der Waals surface area contributed by atoms with Crippen molar-refractivity contribution in [2.45, 2.75) is 19.5 Å². The molecule has 3 rings (SSSR count). The first kappa shape index (κ1) is 19.2. The Kier molecular flexibility index (Phi) is 5.41. The van der Waals surface area contributed by atoms with Crippen LogP contribution in [0.15, 0.2) is 42.5 Å². The van der Waals surface area contributed by atoms with Crippen LogP contribution in [0.3, 0.4) is 0 Å². The number of hydrogen-bond acceptors (Lipinski definition) is 5. The Balaban J connectivity index is 2.03. The van der Waals surface area contributed by atoms with Gasteiger partial charge in [0.2, 0.25) is 0 Å². The van der Waals surface area contributed by atoms with Gasteiger partial charge >= 0.3 is 0 Å². The van der Waals surface area contributed by atoms with Crippen LogP contribution in [0, 0.1) is 0 Å². The van der Waals surface area contributed by atoms with E-state index in [4.69, 9.17) is 9.47 Å². The molecular weight excluding hydrogens is 366 g/mol. The number of amides is 1. The molecule has 0 bridgehead atoms. The highest BCUT2D eigenvalue weighted by Gasteiger charge is 2.35. The van der Waals surface area contributed by atoms with Crippen molar-refractivity contribution in [3.05, 3.63) is 59.2 Å². The van der Waals surface area contributed by atoms with Gasteiger partial charge in [-0.05, 0) is 36.2 Å². The van der Waals surface area contributed by atoms with Gasteiger partial charge in [0.05, 0.1) is 25.5 Å². The molecule has 0 N–H and O–H groups in total. The van der Waals surface area contributed by atoms with Crippen LogP contribution in [0.4, 0.5) is 0 Å². The Hall–Kier alpha value is -2.54. The highest BCUT2D eigenvalue weighted by Crippen LogP contribution is 2.36. The van der Waals surface area contributed by atoms with Gasteiger partial charge in [0.25, 0.3) is 5.91 Å². The summed E-state index contributed by atoms with van der Waals surface area (Å²) in [7, 11) is -1.78. The fourth-order valence-corrected chi connectivity index (χ4v) is 4.30. The number of fused-ring (bicyclic) bond motifs is 1. The normalized spacial score (nSPS) is 14.8. The van der Waals surface area contributed by atoms with E-state index < -0.39 is 15.9 Å². The third-order valence-corrected chi connectivity index (χ3v) is 5.48. The lowest BCUT2D eigenvalue weighted by Gasteiger charge is -2.28. The summed E-state index contributed by atoms with van der Waals surface area (Å²) in [5.41, 5.74) is 2.22. The van der Waals surface area contributed by atoms with E-state index in [9.17, 15) is 13.2 Å². The molecule has 6 nitrogen and oxygen atoms in total. The number of sulfone groups is 1. The fraction of sp³-hybridized carbons (Fsp3) is 0.350. The van der Waals surface area contributed by atoms with E-state index in [2.05, 4.69) is 0 Å². The molecule has 7 heteroatoms. The topological polar surface area (TPSA) is 72.9 Å². The number of carbonyl (C=O) groups excluding carboxylic acids is 1. The second kappa shape index (κ2) is 7.60. The van der Waals surface area contributed by atoms with E-state index in [0.29, 0.717) is 35.8 Å². The molecule has 0 radical (unpaired) electrons. The molecule has 1 aliphatic rings. The average Bonchev–Trinajstić information content (AvgIpc) is 2.96. The van der Waals surface area contributed by atoms with Crippen LogP contribution in [-0.4, -0.2) is 45.0 Å². The molecule has 144 valence electrons. The van der Waals surface area contributed by atoms with Gasteiger partial charge < -0.3 is 14.4 Å². The van der Waals surface area contributed by atoms with E-state index in [0.717, 1.165) is 5.56 Å². The number of carbonyl (C=O) groups is 1. The maximum atomic E-state index is 12.9. The zero-order valence-corrected chi connectivity index (χ0v) is 16.5. The Morgan fingerprint density at radius 3 is 2.52 bits per heavy atom. The Morgan fingerprint density at radius 2 is 1.89 bits per heavy atom. The molecular formula is C20H23NO5S. The largest absolute Gasteiger partial charge is 0.493 e. The Bertz CT molecular complexity index is 955. The van der Waals surface area contributed by atoms with Crippen molar-refractivity contribution in [3.8, 4) is 11.5 Å². The minimum Gasteiger partial charge on any atom is -0.493 e. The molecule has 0 aromatic heterocycles. The number of rotatable bonds is 7. The van der Waals surface area contributed by atoms with Crippen molar-refractivity contribution >= 4 is 15.7 Å². The summed E-state index contributed by atoms with van der Waals surface area (Å²) in [6, 6.07) is 12.0. The van der Waals surface area contributed by atoms with Crippen molar-refractivity contribution in [3.63, 3.8) is 0 Å². The van der Waals surface area contributed by atoms with E-state index in [1.807, 2.05) is 25.1 Å².